The summed E-state index contributed by atoms with van der Waals surface area (Å²) in [7, 11) is 1.82. The fraction of sp³-hybridized carbons (Fsp3) is 0.909. The Kier molecular flexibility index (Phi) is 2.52. The predicted molar refractivity (Wildman–Crippen MR) is 53.8 cm³/mol. The van der Waals surface area contributed by atoms with Crippen LogP contribution in [0, 0.1) is 5.92 Å². The van der Waals surface area contributed by atoms with Crippen molar-refractivity contribution in [1.82, 2.24) is 4.90 Å². The molecule has 1 amide bonds. The van der Waals surface area contributed by atoms with Gasteiger partial charge < -0.3 is 10.0 Å². The summed E-state index contributed by atoms with van der Waals surface area (Å²) in [4.78, 5) is 13.4. The molecule has 2 saturated carbocycles. The maximum absolute atomic E-state index is 11.7. The normalized spacial score (nSPS) is 25.0. The molecule has 0 aromatic rings. The van der Waals surface area contributed by atoms with Gasteiger partial charge in [-0.2, -0.15) is 0 Å². The van der Waals surface area contributed by atoms with Crippen LogP contribution in [-0.4, -0.2) is 35.1 Å². The van der Waals surface area contributed by atoms with Crippen LogP contribution in [0.2, 0.25) is 0 Å². The Hall–Kier alpha value is -0.570. The molecular formula is C11H19NO2. The number of carbonyl (C=O) groups is 1. The van der Waals surface area contributed by atoms with Gasteiger partial charge in [0.25, 0.3) is 0 Å². The van der Waals surface area contributed by atoms with Crippen LogP contribution in [-0.2, 0) is 4.79 Å². The Morgan fingerprint density at radius 1 is 1.43 bits per heavy atom. The molecule has 0 unspecified atom stereocenters. The lowest BCUT2D eigenvalue weighted by Gasteiger charge is -2.28. The van der Waals surface area contributed by atoms with E-state index in [9.17, 15) is 9.90 Å². The fourth-order valence-electron chi connectivity index (χ4n) is 2.35. The average Bonchev–Trinajstić information content (AvgIpc) is 2.89. The topological polar surface area (TPSA) is 40.5 Å². The van der Waals surface area contributed by atoms with Crippen molar-refractivity contribution in [3.8, 4) is 0 Å². The highest BCUT2D eigenvalue weighted by atomic mass is 16.3. The van der Waals surface area contributed by atoms with Crippen LogP contribution in [0.3, 0.4) is 0 Å². The molecule has 0 aromatic heterocycles. The Labute approximate surface area is 85.1 Å². The highest BCUT2D eigenvalue weighted by Crippen LogP contribution is 2.33. The highest BCUT2D eigenvalue weighted by Gasteiger charge is 2.37. The van der Waals surface area contributed by atoms with Crippen molar-refractivity contribution in [2.75, 3.05) is 13.6 Å². The van der Waals surface area contributed by atoms with Gasteiger partial charge in [0.05, 0.1) is 5.60 Å². The Balaban J connectivity index is 1.86. The van der Waals surface area contributed by atoms with Gasteiger partial charge in [0, 0.05) is 19.5 Å². The largest absolute Gasteiger partial charge is 0.388 e. The van der Waals surface area contributed by atoms with Crippen LogP contribution >= 0.6 is 0 Å². The average molecular weight is 197 g/mol. The second kappa shape index (κ2) is 3.54. The SMILES string of the molecule is CN(CC1(O)CCCC1)C(=O)C1CC1. The van der Waals surface area contributed by atoms with Gasteiger partial charge in [-0.25, -0.2) is 0 Å². The molecule has 2 aliphatic rings. The molecule has 80 valence electrons. The van der Waals surface area contributed by atoms with E-state index in [1.165, 1.54) is 0 Å². The maximum Gasteiger partial charge on any atom is 0.225 e. The molecule has 0 spiro atoms. The monoisotopic (exact) mass is 197 g/mol. The van der Waals surface area contributed by atoms with Crippen molar-refractivity contribution in [1.29, 1.82) is 0 Å². The van der Waals surface area contributed by atoms with Crippen molar-refractivity contribution >= 4 is 5.91 Å². The lowest BCUT2D eigenvalue weighted by Crippen LogP contribution is -2.42. The van der Waals surface area contributed by atoms with Crippen LogP contribution < -0.4 is 0 Å². The molecule has 0 atom stereocenters. The number of aliphatic hydroxyl groups is 1. The van der Waals surface area contributed by atoms with Gasteiger partial charge in [-0.05, 0) is 25.7 Å². The summed E-state index contributed by atoms with van der Waals surface area (Å²) in [6, 6.07) is 0. The van der Waals surface area contributed by atoms with E-state index in [0.717, 1.165) is 38.5 Å². The number of rotatable bonds is 3. The number of hydrogen-bond donors (Lipinski definition) is 1. The van der Waals surface area contributed by atoms with Gasteiger partial charge in [-0.3, -0.25) is 4.79 Å². The number of hydrogen-bond acceptors (Lipinski definition) is 2. The molecule has 3 nitrogen and oxygen atoms in total. The van der Waals surface area contributed by atoms with Crippen LogP contribution in [0.25, 0.3) is 0 Å². The van der Waals surface area contributed by atoms with Crippen LogP contribution in [0.15, 0.2) is 0 Å². The zero-order valence-corrected chi connectivity index (χ0v) is 8.83. The van der Waals surface area contributed by atoms with E-state index in [2.05, 4.69) is 0 Å². The molecule has 2 aliphatic carbocycles. The van der Waals surface area contributed by atoms with Crippen LogP contribution in [0.4, 0.5) is 0 Å². The second-order valence-electron chi connectivity index (χ2n) is 4.90. The van der Waals surface area contributed by atoms with Gasteiger partial charge in [0.1, 0.15) is 0 Å². The molecule has 3 heteroatoms. The molecule has 1 N–H and O–H groups in total. The first kappa shape index (κ1) is 9.97. The molecule has 2 rings (SSSR count). The second-order valence-corrected chi connectivity index (χ2v) is 4.90. The van der Waals surface area contributed by atoms with Crippen molar-refractivity contribution < 1.29 is 9.90 Å². The van der Waals surface area contributed by atoms with Gasteiger partial charge >= 0.3 is 0 Å². The minimum absolute atomic E-state index is 0.227. The van der Waals surface area contributed by atoms with Crippen LogP contribution in [0.1, 0.15) is 38.5 Å². The van der Waals surface area contributed by atoms with Gasteiger partial charge in [0.2, 0.25) is 5.91 Å². The molecule has 0 bridgehead atoms. The number of carbonyl (C=O) groups excluding carboxylic acids is 1. The fourth-order valence-corrected chi connectivity index (χ4v) is 2.35. The smallest absolute Gasteiger partial charge is 0.225 e. The van der Waals surface area contributed by atoms with Crippen molar-refractivity contribution in [2.24, 2.45) is 5.92 Å². The van der Waals surface area contributed by atoms with E-state index in [4.69, 9.17) is 0 Å². The van der Waals surface area contributed by atoms with E-state index >= 15 is 0 Å². The van der Waals surface area contributed by atoms with E-state index in [1.54, 1.807) is 4.90 Å². The van der Waals surface area contributed by atoms with Crippen LogP contribution in [0.5, 0.6) is 0 Å². The zero-order valence-electron chi connectivity index (χ0n) is 8.83. The lowest BCUT2D eigenvalue weighted by atomic mass is 10.0. The standard InChI is InChI=1S/C11H19NO2/c1-12(10(13)9-4-5-9)8-11(14)6-2-3-7-11/h9,14H,2-8H2,1H3. The Morgan fingerprint density at radius 2 is 2.00 bits per heavy atom. The quantitative estimate of drug-likeness (QED) is 0.737. The number of amides is 1. The number of likely N-dealkylation sites (N-methyl/N-ethyl adjacent to an activating group) is 1. The van der Waals surface area contributed by atoms with Crippen molar-refractivity contribution in [3.63, 3.8) is 0 Å². The third-order valence-corrected chi connectivity index (χ3v) is 3.37. The summed E-state index contributed by atoms with van der Waals surface area (Å²) in [5.41, 5.74) is -0.584. The summed E-state index contributed by atoms with van der Waals surface area (Å²) < 4.78 is 0. The molecule has 0 aromatic carbocycles. The van der Waals surface area contributed by atoms with E-state index < -0.39 is 5.60 Å². The van der Waals surface area contributed by atoms with Crippen molar-refractivity contribution in [2.45, 2.75) is 44.1 Å². The van der Waals surface area contributed by atoms with Gasteiger partial charge in [-0.15, -0.1) is 0 Å². The summed E-state index contributed by atoms with van der Waals surface area (Å²) in [6.45, 7) is 0.530. The highest BCUT2D eigenvalue weighted by molar-refractivity contribution is 5.80. The predicted octanol–water partition coefficient (Wildman–Crippen LogP) is 1.16. The van der Waals surface area contributed by atoms with Gasteiger partial charge in [0.15, 0.2) is 0 Å². The third kappa shape index (κ3) is 2.08. The Morgan fingerprint density at radius 3 is 2.50 bits per heavy atom. The minimum Gasteiger partial charge on any atom is -0.388 e. The first-order chi connectivity index (χ1) is 6.61. The molecule has 0 aliphatic heterocycles. The maximum atomic E-state index is 11.7. The molecule has 2 fully saturated rings. The summed E-state index contributed by atoms with van der Waals surface area (Å²) >= 11 is 0. The summed E-state index contributed by atoms with van der Waals surface area (Å²) in [5.74, 6) is 0.496. The molecular weight excluding hydrogens is 178 g/mol. The van der Waals surface area contributed by atoms with E-state index in [-0.39, 0.29) is 11.8 Å². The summed E-state index contributed by atoms with van der Waals surface area (Å²) in [5, 5.41) is 10.1. The lowest BCUT2D eigenvalue weighted by molar-refractivity contribution is -0.134. The first-order valence-electron chi connectivity index (χ1n) is 5.58. The van der Waals surface area contributed by atoms with E-state index in [0.29, 0.717) is 6.54 Å². The summed E-state index contributed by atoms with van der Waals surface area (Å²) in [6.07, 6.45) is 6.00. The molecule has 0 heterocycles. The number of nitrogens with zero attached hydrogens (tertiary/aromatic N) is 1. The minimum atomic E-state index is -0.584. The van der Waals surface area contributed by atoms with E-state index in [1.807, 2.05) is 7.05 Å². The Bertz CT molecular complexity index is 229. The zero-order chi connectivity index (χ0) is 10.2. The molecule has 0 saturated heterocycles. The molecule has 14 heavy (non-hydrogen) atoms. The van der Waals surface area contributed by atoms with Crippen molar-refractivity contribution in [3.05, 3.63) is 0 Å². The third-order valence-electron chi connectivity index (χ3n) is 3.37. The van der Waals surface area contributed by atoms with Gasteiger partial charge in [-0.1, -0.05) is 12.8 Å². The molecule has 0 radical (unpaired) electrons. The first-order valence-corrected chi connectivity index (χ1v) is 5.58.